The number of nitrogens with two attached hydrogens (primary N) is 2. The summed E-state index contributed by atoms with van der Waals surface area (Å²) in [6.45, 7) is 0. The minimum atomic E-state index is -1.12. The van der Waals surface area contributed by atoms with E-state index >= 15 is 0 Å². The van der Waals surface area contributed by atoms with Gasteiger partial charge in [0.05, 0.1) is 0 Å². The fraction of sp³-hybridized carbons (Fsp3) is 0. The van der Waals surface area contributed by atoms with Crippen molar-refractivity contribution in [3.63, 3.8) is 0 Å². The zero-order valence-electron chi connectivity index (χ0n) is 7.00. The van der Waals surface area contributed by atoms with Crippen LogP contribution in [-0.2, 0) is 0 Å². The van der Waals surface area contributed by atoms with Crippen LogP contribution in [0.3, 0.4) is 0 Å². The lowest BCUT2D eigenvalue weighted by Gasteiger charge is -1.96. The van der Waals surface area contributed by atoms with Crippen LogP contribution in [0.1, 0.15) is 10.4 Å². The molecule has 4 N–H and O–H groups in total. The van der Waals surface area contributed by atoms with Crippen LogP contribution in [0, 0.1) is 11.6 Å². The highest BCUT2D eigenvalue weighted by atomic mass is 19.2. The van der Waals surface area contributed by atoms with Crippen molar-refractivity contribution in [1.82, 2.24) is 0 Å². The van der Waals surface area contributed by atoms with Crippen LogP contribution < -0.4 is 11.5 Å². The Hall–Kier alpha value is -1.98. The van der Waals surface area contributed by atoms with Crippen LogP contribution in [0.2, 0.25) is 0 Å². The van der Waals surface area contributed by atoms with Gasteiger partial charge in [0.15, 0.2) is 17.6 Å². The molecule has 1 aromatic rings. The molecule has 0 aliphatic heterocycles. The highest BCUT2D eigenvalue weighted by Crippen LogP contribution is 2.09. The van der Waals surface area contributed by atoms with Crippen molar-refractivity contribution in [3.8, 4) is 0 Å². The van der Waals surface area contributed by atoms with Crippen LogP contribution in [0.15, 0.2) is 23.2 Å². The molecule has 0 radical (unpaired) electrons. The molecule has 4 nitrogen and oxygen atoms in total. The lowest BCUT2D eigenvalue weighted by Crippen LogP contribution is -2.24. The number of carbonyl (C=O) groups excluding carboxylic acids is 1. The van der Waals surface area contributed by atoms with E-state index in [4.69, 9.17) is 11.5 Å². The van der Waals surface area contributed by atoms with Gasteiger partial charge in [0.2, 0.25) is 0 Å². The number of hydrogen-bond donors (Lipinski definition) is 2. The second-order valence-corrected chi connectivity index (χ2v) is 2.47. The smallest absolute Gasteiger partial charge is 0.280 e. The van der Waals surface area contributed by atoms with Crippen molar-refractivity contribution in [2.45, 2.75) is 0 Å². The number of benzene rings is 1. The molecule has 0 spiro atoms. The lowest BCUT2D eigenvalue weighted by molar-refractivity contribution is 0.100. The van der Waals surface area contributed by atoms with Gasteiger partial charge in [0, 0.05) is 5.56 Å². The van der Waals surface area contributed by atoms with E-state index in [9.17, 15) is 13.6 Å². The van der Waals surface area contributed by atoms with Gasteiger partial charge in [-0.2, -0.15) is 4.99 Å². The predicted molar refractivity (Wildman–Crippen MR) is 46.5 cm³/mol. The number of hydrogen-bond acceptors (Lipinski definition) is 1. The maximum atomic E-state index is 12.6. The van der Waals surface area contributed by atoms with Crippen LogP contribution >= 0.6 is 0 Å². The number of aliphatic imine (C=N–C) groups is 1. The molecule has 0 saturated heterocycles. The minimum absolute atomic E-state index is 0.114. The maximum absolute atomic E-state index is 12.6. The first kappa shape index (κ1) is 10.1. The van der Waals surface area contributed by atoms with Gasteiger partial charge in [-0.25, -0.2) is 8.78 Å². The third-order valence-corrected chi connectivity index (χ3v) is 1.40. The van der Waals surface area contributed by atoms with E-state index < -0.39 is 23.5 Å². The van der Waals surface area contributed by atoms with Crippen molar-refractivity contribution in [2.75, 3.05) is 0 Å². The molecule has 6 heteroatoms. The summed E-state index contributed by atoms with van der Waals surface area (Å²) < 4.78 is 25.1. The second-order valence-electron chi connectivity index (χ2n) is 2.47. The molecular weight excluding hydrogens is 192 g/mol. The van der Waals surface area contributed by atoms with Crippen molar-refractivity contribution in [3.05, 3.63) is 35.4 Å². The van der Waals surface area contributed by atoms with E-state index in [0.717, 1.165) is 18.2 Å². The first-order valence-corrected chi connectivity index (χ1v) is 3.59. The monoisotopic (exact) mass is 199 g/mol. The molecule has 0 aliphatic rings. The van der Waals surface area contributed by atoms with E-state index in [1.54, 1.807) is 0 Å². The van der Waals surface area contributed by atoms with Gasteiger partial charge in [-0.05, 0) is 18.2 Å². The van der Waals surface area contributed by atoms with Gasteiger partial charge in [-0.15, -0.1) is 0 Å². The first-order valence-electron chi connectivity index (χ1n) is 3.59. The van der Waals surface area contributed by atoms with Gasteiger partial charge in [-0.3, -0.25) is 4.79 Å². The second kappa shape index (κ2) is 3.82. The lowest BCUT2D eigenvalue weighted by atomic mass is 10.2. The molecule has 0 saturated carbocycles. The van der Waals surface area contributed by atoms with Gasteiger partial charge >= 0.3 is 0 Å². The molecule has 0 heterocycles. The number of carbonyl (C=O) groups is 1. The van der Waals surface area contributed by atoms with Crippen LogP contribution in [-0.4, -0.2) is 11.9 Å². The summed E-state index contributed by atoms with van der Waals surface area (Å²) in [5, 5.41) is 0. The number of rotatable bonds is 1. The van der Waals surface area contributed by atoms with Crippen LogP contribution in [0.25, 0.3) is 0 Å². The molecule has 74 valence electrons. The van der Waals surface area contributed by atoms with Crippen molar-refractivity contribution < 1.29 is 13.6 Å². The zero-order chi connectivity index (χ0) is 10.7. The van der Waals surface area contributed by atoms with E-state index in [1.807, 2.05) is 0 Å². The van der Waals surface area contributed by atoms with Crippen molar-refractivity contribution in [1.29, 1.82) is 0 Å². The Bertz CT molecular complexity index is 400. The average molecular weight is 199 g/mol. The molecule has 0 bridgehead atoms. The van der Waals surface area contributed by atoms with E-state index in [2.05, 4.69) is 4.99 Å². The molecule has 1 rings (SSSR count). The standard InChI is InChI=1S/C8H7F2N3O/c9-5-2-1-4(3-6(5)10)7(14)13-8(11)12/h1-3H,(H4,11,12,13,14). The largest absolute Gasteiger partial charge is 0.370 e. The molecule has 0 atom stereocenters. The Morgan fingerprint density at radius 3 is 2.36 bits per heavy atom. The van der Waals surface area contributed by atoms with Gasteiger partial charge in [0.25, 0.3) is 5.91 Å². The summed E-state index contributed by atoms with van der Waals surface area (Å²) in [6, 6.07) is 2.64. The Morgan fingerprint density at radius 1 is 1.21 bits per heavy atom. The summed E-state index contributed by atoms with van der Waals surface area (Å²) in [5.74, 6) is -3.41. The maximum Gasteiger partial charge on any atom is 0.280 e. The number of nitrogens with zero attached hydrogens (tertiary/aromatic N) is 1. The van der Waals surface area contributed by atoms with E-state index in [-0.39, 0.29) is 5.56 Å². The molecule has 14 heavy (non-hydrogen) atoms. The zero-order valence-corrected chi connectivity index (χ0v) is 7.00. The molecule has 0 aromatic heterocycles. The van der Waals surface area contributed by atoms with Crippen LogP contribution in [0.5, 0.6) is 0 Å². The molecule has 0 unspecified atom stereocenters. The predicted octanol–water partition coefficient (Wildman–Crippen LogP) is 0.378. The molecule has 0 fully saturated rings. The third-order valence-electron chi connectivity index (χ3n) is 1.40. The Labute approximate surface area is 78.2 Å². The van der Waals surface area contributed by atoms with Gasteiger partial charge in [-0.1, -0.05) is 0 Å². The third kappa shape index (κ3) is 2.25. The first-order chi connectivity index (χ1) is 6.50. The normalized spacial score (nSPS) is 9.57. The Morgan fingerprint density at radius 2 is 1.86 bits per heavy atom. The quantitative estimate of drug-likeness (QED) is 0.506. The SMILES string of the molecule is NC(N)=NC(=O)c1ccc(F)c(F)c1. The molecule has 0 aliphatic carbocycles. The fourth-order valence-corrected chi connectivity index (χ4v) is 0.811. The van der Waals surface area contributed by atoms with Crippen LogP contribution in [0.4, 0.5) is 8.78 Å². The molecule has 1 amide bonds. The summed E-state index contributed by atoms with van der Waals surface area (Å²) in [4.78, 5) is 14.2. The molecular formula is C8H7F2N3O. The molecule has 1 aromatic carbocycles. The summed E-state index contributed by atoms with van der Waals surface area (Å²) in [5.41, 5.74) is 9.76. The fourth-order valence-electron chi connectivity index (χ4n) is 0.811. The topological polar surface area (TPSA) is 81.5 Å². The highest BCUT2D eigenvalue weighted by molar-refractivity contribution is 6.01. The van der Waals surface area contributed by atoms with Crippen molar-refractivity contribution in [2.24, 2.45) is 16.5 Å². The van der Waals surface area contributed by atoms with Crippen molar-refractivity contribution >= 4 is 11.9 Å². The highest BCUT2D eigenvalue weighted by Gasteiger charge is 2.08. The Kier molecular flexibility index (Phi) is 2.76. The number of amides is 1. The number of halogens is 2. The number of guanidine groups is 1. The minimum Gasteiger partial charge on any atom is -0.370 e. The van der Waals surface area contributed by atoms with E-state index in [1.165, 1.54) is 0 Å². The average Bonchev–Trinajstić information content (AvgIpc) is 2.08. The van der Waals surface area contributed by atoms with E-state index in [0.29, 0.717) is 0 Å². The van der Waals surface area contributed by atoms with Gasteiger partial charge < -0.3 is 11.5 Å². The summed E-state index contributed by atoms with van der Waals surface area (Å²) in [7, 11) is 0. The summed E-state index contributed by atoms with van der Waals surface area (Å²) in [6.07, 6.45) is 0. The summed E-state index contributed by atoms with van der Waals surface area (Å²) >= 11 is 0. The Balaban J connectivity index is 3.03. The van der Waals surface area contributed by atoms with Gasteiger partial charge in [0.1, 0.15) is 0 Å².